The van der Waals surface area contributed by atoms with E-state index in [2.05, 4.69) is 5.32 Å². The van der Waals surface area contributed by atoms with Gasteiger partial charge in [0.25, 0.3) is 0 Å². The molecule has 1 N–H and O–H groups in total. The summed E-state index contributed by atoms with van der Waals surface area (Å²) in [6, 6.07) is 14.3. The number of amides is 2. The van der Waals surface area contributed by atoms with Crippen LogP contribution in [-0.2, 0) is 20.9 Å². The van der Waals surface area contributed by atoms with Gasteiger partial charge < -0.3 is 15.0 Å². The van der Waals surface area contributed by atoms with Gasteiger partial charge in [-0.1, -0.05) is 42.5 Å². The Balaban J connectivity index is 2.20. The van der Waals surface area contributed by atoms with Crippen molar-refractivity contribution in [3.8, 4) is 0 Å². The molecule has 0 heterocycles. The van der Waals surface area contributed by atoms with Gasteiger partial charge in [0.2, 0.25) is 11.8 Å². The standard InChI is InChI=1S/C22H27FN2O3/c1-3-28-15-7-14-24-22(27)21(19-8-5-4-6-9-19)25(17(2)26)16-18-10-12-20(23)13-11-18/h4-6,8-13,21H,3,7,14-16H2,1-2H3,(H,24,27)/t21-/m0/s1. The lowest BCUT2D eigenvalue weighted by Crippen LogP contribution is -2.43. The summed E-state index contributed by atoms with van der Waals surface area (Å²) in [7, 11) is 0. The second kappa shape index (κ2) is 11.2. The zero-order valence-corrected chi connectivity index (χ0v) is 16.4. The van der Waals surface area contributed by atoms with Gasteiger partial charge in [-0.25, -0.2) is 4.39 Å². The normalized spacial score (nSPS) is 11.7. The highest BCUT2D eigenvalue weighted by Gasteiger charge is 2.29. The van der Waals surface area contributed by atoms with Crippen LogP contribution in [0.2, 0.25) is 0 Å². The van der Waals surface area contributed by atoms with E-state index < -0.39 is 6.04 Å². The molecule has 0 fully saturated rings. The summed E-state index contributed by atoms with van der Waals surface area (Å²) in [5.41, 5.74) is 1.48. The lowest BCUT2D eigenvalue weighted by Gasteiger charge is -2.30. The molecule has 0 bridgehead atoms. The largest absolute Gasteiger partial charge is 0.382 e. The fraction of sp³-hybridized carbons (Fsp3) is 0.364. The molecule has 2 rings (SSSR count). The molecule has 0 saturated carbocycles. The molecule has 0 aliphatic rings. The first-order valence-electron chi connectivity index (χ1n) is 9.45. The Morgan fingerprint density at radius 2 is 1.79 bits per heavy atom. The van der Waals surface area contributed by atoms with Crippen LogP contribution in [0.3, 0.4) is 0 Å². The third kappa shape index (κ3) is 6.46. The van der Waals surface area contributed by atoms with E-state index in [0.717, 1.165) is 11.1 Å². The third-order valence-corrected chi connectivity index (χ3v) is 4.31. The number of hydrogen-bond acceptors (Lipinski definition) is 3. The second-order valence-corrected chi connectivity index (χ2v) is 6.43. The highest BCUT2D eigenvalue weighted by molar-refractivity contribution is 5.88. The summed E-state index contributed by atoms with van der Waals surface area (Å²) < 4.78 is 18.5. The minimum absolute atomic E-state index is 0.210. The van der Waals surface area contributed by atoms with Crippen molar-refractivity contribution >= 4 is 11.8 Å². The lowest BCUT2D eigenvalue weighted by atomic mass is 10.0. The van der Waals surface area contributed by atoms with Crippen LogP contribution in [0.4, 0.5) is 4.39 Å². The Labute approximate surface area is 165 Å². The van der Waals surface area contributed by atoms with E-state index in [-0.39, 0.29) is 24.2 Å². The highest BCUT2D eigenvalue weighted by Crippen LogP contribution is 2.24. The number of carbonyl (C=O) groups excluding carboxylic acids is 2. The van der Waals surface area contributed by atoms with Gasteiger partial charge in [0.15, 0.2) is 0 Å². The van der Waals surface area contributed by atoms with Crippen molar-refractivity contribution < 1.29 is 18.7 Å². The Bertz CT molecular complexity index is 750. The van der Waals surface area contributed by atoms with E-state index in [1.54, 1.807) is 12.1 Å². The zero-order valence-electron chi connectivity index (χ0n) is 16.4. The molecule has 2 aromatic rings. The predicted octanol–water partition coefficient (Wildman–Crippen LogP) is 3.46. The molecule has 0 unspecified atom stereocenters. The van der Waals surface area contributed by atoms with Crippen LogP contribution in [0, 0.1) is 5.82 Å². The minimum atomic E-state index is -0.768. The number of benzene rings is 2. The highest BCUT2D eigenvalue weighted by atomic mass is 19.1. The van der Waals surface area contributed by atoms with Crippen molar-refractivity contribution in [3.63, 3.8) is 0 Å². The Kier molecular flexibility index (Phi) is 8.62. The van der Waals surface area contributed by atoms with Gasteiger partial charge >= 0.3 is 0 Å². The smallest absolute Gasteiger partial charge is 0.247 e. The topological polar surface area (TPSA) is 58.6 Å². The molecule has 5 nitrogen and oxygen atoms in total. The van der Waals surface area contributed by atoms with Gasteiger partial charge in [-0.3, -0.25) is 9.59 Å². The van der Waals surface area contributed by atoms with Gasteiger partial charge in [-0.05, 0) is 36.6 Å². The van der Waals surface area contributed by atoms with Crippen molar-refractivity contribution in [2.45, 2.75) is 32.9 Å². The molecule has 0 aliphatic carbocycles. The molecule has 1 atom stereocenters. The molecule has 6 heteroatoms. The monoisotopic (exact) mass is 386 g/mol. The van der Waals surface area contributed by atoms with Crippen LogP contribution in [0.15, 0.2) is 54.6 Å². The van der Waals surface area contributed by atoms with Gasteiger partial charge in [0.1, 0.15) is 11.9 Å². The Morgan fingerprint density at radius 3 is 2.39 bits per heavy atom. The van der Waals surface area contributed by atoms with E-state index in [4.69, 9.17) is 4.74 Å². The van der Waals surface area contributed by atoms with Crippen molar-refractivity contribution in [1.82, 2.24) is 10.2 Å². The summed E-state index contributed by atoms with van der Waals surface area (Å²) in [4.78, 5) is 26.9. The molecule has 0 spiro atoms. The van der Waals surface area contributed by atoms with Gasteiger partial charge in [0.05, 0.1) is 0 Å². The molecule has 0 radical (unpaired) electrons. The average molecular weight is 386 g/mol. The first kappa shape index (κ1) is 21.6. The predicted molar refractivity (Wildman–Crippen MR) is 106 cm³/mol. The average Bonchev–Trinajstić information content (AvgIpc) is 2.69. The van der Waals surface area contributed by atoms with Crippen molar-refractivity contribution in [2.24, 2.45) is 0 Å². The summed E-state index contributed by atoms with van der Waals surface area (Å²) >= 11 is 0. The first-order valence-corrected chi connectivity index (χ1v) is 9.45. The number of nitrogens with one attached hydrogen (secondary N) is 1. The summed E-state index contributed by atoms with van der Waals surface area (Å²) in [6.45, 7) is 5.23. The number of rotatable bonds is 10. The number of hydrogen-bond donors (Lipinski definition) is 1. The summed E-state index contributed by atoms with van der Waals surface area (Å²) in [5.74, 6) is -0.826. The zero-order chi connectivity index (χ0) is 20.4. The first-order chi connectivity index (χ1) is 13.5. The maximum absolute atomic E-state index is 13.2. The number of halogens is 1. The SMILES string of the molecule is CCOCCCNC(=O)[C@H](c1ccccc1)N(Cc1ccc(F)cc1)C(C)=O. The second-order valence-electron chi connectivity index (χ2n) is 6.43. The van der Waals surface area contributed by atoms with E-state index in [1.807, 2.05) is 37.3 Å². The molecular weight excluding hydrogens is 359 g/mol. The van der Waals surface area contributed by atoms with Crippen LogP contribution < -0.4 is 5.32 Å². The maximum Gasteiger partial charge on any atom is 0.247 e. The molecular formula is C22H27FN2O3. The van der Waals surface area contributed by atoms with E-state index in [0.29, 0.717) is 26.2 Å². The molecule has 150 valence electrons. The minimum Gasteiger partial charge on any atom is -0.382 e. The molecule has 28 heavy (non-hydrogen) atoms. The lowest BCUT2D eigenvalue weighted by molar-refractivity contribution is -0.140. The van der Waals surface area contributed by atoms with Crippen LogP contribution in [0.25, 0.3) is 0 Å². The number of carbonyl (C=O) groups is 2. The van der Waals surface area contributed by atoms with Crippen molar-refractivity contribution in [2.75, 3.05) is 19.8 Å². The quantitative estimate of drug-likeness (QED) is 0.636. The summed E-state index contributed by atoms with van der Waals surface area (Å²) in [6.07, 6.45) is 0.694. The van der Waals surface area contributed by atoms with E-state index >= 15 is 0 Å². The molecule has 2 aromatic carbocycles. The Hall–Kier alpha value is -2.73. The maximum atomic E-state index is 13.2. The molecule has 0 aromatic heterocycles. The van der Waals surface area contributed by atoms with E-state index in [9.17, 15) is 14.0 Å². The van der Waals surface area contributed by atoms with Gasteiger partial charge in [-0.15, -0.1) is 0 Å². The third-order valence-electron chi connectivity index (χ3n) is 4.31. The van der Waals surface area contributed by atoms with Gasteiger partial charge in [0, 0.05) is 33.2 Å². The van der Waals surface area contributed by atoms with Crippen LogP contribution in [0.5, 0.6) is 0 Å². The van der Waals surface area contributed by atoms with Gasteiger partial charge in [-0.2, -0.15) is 0 Å². The number of ether oxygens (including phenoxy) is 1. The van der Waals surface area contributed by atoms with Crippen LogP contribution >= 0.6 is 0 Å². The Morgan fingerprint density at radius 1 is 1.11 bits per heavy atom. The summed E-state index contributed by atoms with van der Waals surface area (Å²) in [5, 5.41) is 2.90. The fourth-order valence-electron chi connectivity index (χ4n) is 2.91. The molecule has 2 amide bonds. The van der Waals surface area contributed by atoms with E-state index in [1.165, 1.54) is 24.0 Å². The van der Waals surface area contributed by atoms with Crippen molar-refractivity contribution in [1.29, 1.82) is 0 Å². The van der Waals surface area contributed by atoms with Crippen LogP contribution in [-0.4, -0.2) is 36.5 Å². The van der Waals surface area contributed by atoms with Crippen molar-refractivity contribution in [3.05, 3.63) is 71.5 Å². The molecule has 0 aliphatic heterocycles. The fourth-order valence-corrected chi connectivity index (χ4v) is 2.91. The molecule has 0 saturated heterocycles. The van der Waals surface area contributed by atoms with Crippen LogP contribution in [0.1, 0.15) is 37.4 Å². The number of nitrogens with zero attached hydrogens (tertiary/aromatic N) is 1.